The molecule has 2 aromatic carbocycles. The summed E-state index contributed by atoms with van der Waals surface area (Å²) in [6.45, 7) is 9.24. The molecule has 11 heteroatoms. The summed E-state index contributed by atoms with van der Waals surface area (Å²) in [5, 5.41) is 12.4. The molecule has 3 rings (SSSR count). The van der Waals surface area contributed by atoms with Crippen molar-refractivity contribution in [3.63, 3.8) is 0 Å². The SMILES string of the molecule is Cc1cc(-c2c(C)cc(F)cc2C)cc([C@H](CC(=O)O)NC(=O)C(CC(C)C)n2cc(CCN(C)C)cc(F)c2=O)c1F.S. The summed E-state index contributed by atoms with van der Waals surface area (Å²) in [6.07, 6.45) is 1.39. The Labute approximate surface area is 263 Å². The van der Waals surface area contributed by atoms with Crippen LogP contribution in [0.4, 0.5) is 13.2 Å². The van der Waals surface area contributed by atoms with Crippen LogP contribution >= 0.6 is 13.5 Å². The van der Waals surface area contributed by atoms with Gasteiger partial charge in [0.2, 0.25) is 5.91 Å². The second-order valence-electron chi connectivity index (χ2n) is 11.9. The predicted octanol–water partition coefficient (Wildman–Crippen LogP) is 5.99. The molecule has 1 unspecified atom stereocenters. The van der Waals surface area contributed by atoms with Gasteiger partial charge in [0.25, 0.3) is 5.56 Å². The van der Waals surface area contributed by atoms with Crippen molar-refractivity contribution in [3.8, 4) is 11.1 Å². The van der Waals surface area contributed by atoms with Crippen molar-refractivity contribution in [1.29, 1.82) is 0 Å². The normalized spacial score (nSPS) is 12.6. The monoisotopic (exact) mass is 633 g/mol. The quantitative estimate of drug-likeness (QED) is 0.256. The highest BCUT2D eigenvalue weighted by atomic mass is 32.1. The number of carbonyl (C=O) groups is 2. The van der Waals surface area contributed by atoms with E-state index in [4.69, 9.17) is 0 Å². The summed E-state index contributed by atoms with van der Waals surface area (Å²) in [5.41, 5.74) is 2.13. The van der Waals surface area contributed by atoms with Gasteiger partial charge in [0.05, 0.1) is 12.5 Å². The molecule has 3 aromatic rings. The van der Waals surface area contributed by atoms with E-state index >= 15 is 4.39 Å². The van der Waals surface area contributed by atoms with Gasteiger partial charge in [-0.15, -0.1) is 0 Å². The molecule has 7 nitrogen and oxygen atoms in total. The van der Waals surface area contributed by atoms with Crippen LogP contribution < -0.4 is 10.9 Å². The van der Waals surface area contributed by atoms with Gasteiger partial charge in [-0.2, -0.15) is 13.5 Å². The molecule has 0 saturated heterocycles. The number of amides is 1. The first kappa shape index (κ1) is 36.6. The van der Waals surface area contributed by atoms with Crippen LogP contribution in [0.1, 0.15) is 66.6 Å². The summed E-state index contributed by atoms with van der Waals surface area (Å²) in [5.74, 6) is -4.22. The van der Waals surface area contributed by atoms with Crippen LogP contribution in [0.3, 0.4) is 0 Å². The van der Waals surface area contributed by atoms with Crippen LogP contribution in [0, 0.1) is 44.1 Å². The van der Waals surface area contributed by atoms with E-state index in [1.807, 2.05) is 32.8 Å². The maximum atomic E-state index is 15.7. The van der Waals surface area contributed by atoms with Crippen LogP contribution in [-0.4, -0.2) is 47.1 Å². The number of carboxylic acid groups (broad SMARTS) is 1. The molecule has 0 fully saturated rings. The minimum Gasteiger partial charge on any atom is -0.481 e. The molecule has 0 aliphatic heterocycles. The van der Waals surface area contributed by atoms with Gasteiger partial charge in [-0.1, -0.05) is 13.8 Å². The predicted molar refractivity (Wildman–Crippen MR) is 171 cm³/mol. The van der Waals surface area contributed by atoms with Crippen LogP contribution in [0.25, 0.3) is 11.1 Å². The van der Waals surface area contributed by atoms with E-state index in [9.17, 15) is 28.3 Å². The number of aliphatic carboxylic acids is 1. The number of likely N-dealkylation sites (N-methyl/N-ethyl adjacent to an activating group) is 1. The van der Waals surface area contributed by atoms with Gasteiger partial charge in [-0.3, -0.25) is 14.4 Å². The summed E-state index contributed by atoms with van der Waals surface area (Å²) in [6, 6.07) is 4.45. The topological polar surface area (TPSA) is 91.6 Å². The molecular formula is C33H42F3N3O4S. The van der Waals surface area contributed by atoms with Gasteiger partial charge < -0.3 is 19.9 Å². The number of aromatic nitrogens is 1. The Balaban J connectivity index is 0.00000675. The second kappa shape index (κ2) is 15.4. The van der Waals surface area contributed by atoms with Crippen LogP contribution in [-0.2, 0) is 16.0 Å². The van der Waals surface area contributed by atoms with Gasteiger partial charge in [0.1, 0.15) is 17.7 Å². The highest BCUT2D eigenvalue weighted by molar-refractivity contribution is 7.59. The van der Waals surface area contributed by atoms with Gasteiger partial charge in [-0.25, -0.2) is 13.2 Å². The van der Waals surface area contributed by atoms with E-state index in [2.05, 4.69) is 5.32 Å². The largest absolute Gasteiger partial charge is 0.481 e. The number of nitrogens with zero attached hydrogens (tertiary/aromatic N) is 2. The average Bonchev–Trinajstić information content (AvgIpc) is 2.88. The van der Waals surface area contributed by atoms with E-state index in [-0.39, 0.29) is 37.0 Å². The Bertz CT molecular complexity index is 1550. The standard InChI is InChI=1S/C33H40F3N3O4.H2S/c1-18(2)10-28(39-17-22(8-9-38(6)7)14-26(35)33(39)43)32(42)37-27(16-29(40)41)25-15-23(11-21(5)31(25)36)30-19(3)12-24(34)13-20(30)4;/h11-15,17-18,27-28H,8-10,16H2,1-7H3,(H,37,42)(H,40,41);1H2/t27-,28?;/m0./s1. The fourth-order valence-corrected chi connectivity index (χ4v) is 5.38. The number of aryl methyl sites for hydroxylation is 3. The molecule has 1 aromatic heterocycles. The van der Waals surface area contributed by atoms with Crippen LogP contribution in [0.5, 0.6) is 0 Å². The number of pyridine rings is 1. The Morgan fingerprint density at radius 3 is 2.14 bits per heavy atom. The first-order valence-electron chi connectivity index (χ1n) is 14.2. The lowest BCUT2D eigenvalue weighted by molar-refractivity contribution is -0.138. The summed E-state index contributed by atoms with van der Waals surface area (Å²) in [4.78, 5) is 40.6. The number of rotatable bonds is 12. The van der Waals surface area contributed by atoms with Gasteiger partial charge in [0.15, 0.2) is 5.82 Å². The third kappa shape index (κ3) is 8.98. The minimum atomic E-state index is -1.31. The number of hydrogen-bond acceptors (Lipinski definition) is 4. The molecular weight excluding hydrogens is 591 g/mol. The minimum absolute atomic E-state index is 0. The van der Waals surface area contributed by atoms with Crippen LogP contribution in [0.15, 0.2) is 41.3 Å². The fraction of sp³-hybridized carbons (Fsp3) is 0.424. The number of benzene rings is 2. The Morgan fingerprint density at radius 1 is 0.977 bits per heavy atom. The van der Waals surface area contributed by atoms with Crippen molar-refractivity contribution >= 4 is 25.4 Å². The molecule has 0 aliphatic carbocycles. The lowest BCUT2D eigenvalue weighted by Gasteiger charge is -2.26. The smallest absolute Gasteiger partial charge is 0.305 e. The van der Waals surface area contributed by atoms with Crippen molar-refractivity contribution in [2.45, 2.75) is 66.0 Å². The van der Waals surface area contributed by atoms with Gasteiger partial charge in [-0.05, 0) is 117 Å². The Kier molecular flexibility index (Phi) is 12.8. The molecule has 0 saturated carbocycles. The number of carbonyl (C=O) groups excluding carboxylic acids is 1. The molecule has 0 radical (unpaired) electrons. The molecule has 2 N–H and O–H groups in total. The third-order valence-corrected chi connectivity index (χ3v) is 7.38. The summed E-state index contributed by atoms with van der Waals surface area (Å²) < 4.78 is 45.5. The summed E-state index contributed by atoms with van der Waals surface area (Å²) >= 11 is 0. The number of nitrogens with one attached hydrogen (secondary N) is 1. The number of hydrogen-bond donors (Lipinski definition) is 2. The Hall–Kier alpha value is -3.57. The van der Waals surface area contributed by atoms with Crippen molar-refractivity contribution in [1.82, 2.24) is 14.8 Å². The fourth-order valence-electron chi connectivity index (χ4n) is 5.38. The lowest BCUT2D eigenvalue weighted by atomic mass is 9.90. The van der Waals surface area contributed by atoms with E-state index in [0.29, 0.717) is 40.8 Å². The van der Waals surface area contributed by atoms with Crippen molar-refractivity contribution in [2.24, 2.45) is 5.92 Å². The zero-order valence-electron chi connectivity index (χ0n) is 26.2. The van der Waals surface area contributed by atoms with E-state index < -0.39 is 53.4 Å². The highest BCUT2D eigenvalue weighted by Gasteiger charge is 2.30. The molecule has 240 valence electrons. The molecule has 2 atom stereocenters. The third-order valence-electron chi connectivity index (χ3n) is 7.38. The molecule has 1 amide bonds. The average molecular weight is 634 g/mol. The zero-order chi connectivity index (χ0) is 32.2. The molecule has 44 heavy (non-hydrogen) atoms. The maximum Gasteiger partial charge on any atom is 0.305 e. The second-order valence-corrected chi connectivity index (χ2v) is 11.9. The number of carboxylic acids is 1. The van der Waals surface area contributed by atoms with Crippen molar-refractivity contribution in [2.75, 3.05) is 20.6 Å². The highest BCUT2D eigenvalue weighted by Crippen LogP contribution is 2.34. The zero-order valence-corrected chi connectivity index (χ0v) is 27.2. The van der Waals surface area contributed by atoms with Crippen molar-refractivity contribution in [3.05, 3.63) is 92.2 Å². The van der Waals surface area contributed by atoms with E-state index in [1.165, 1.54) is 31.3 Å². The molecule has 0 aliphatic rings. The molecule has 0 spiro atoms. The van der Waals surface area contributed by atoms with E-state index in [0.717, 1.165) is 10.6 Å². The molecule has 1 heterocycles. The molecule has 0 bridgehead atoms. The lowest BCUT2D eigenvalue weighted by Crippen LogP contribution is -2.41. The van der Waals surface area contributed by atoms with Crippen molar-refractivity contribution < 1.29 is 27.9 Å². The van der Waals surface area contributed by atoms with Gasteiger partial charge in [0, 0.05) is 18.3 Å². The Morgan fingerprint density at radius 2 is 1.59 bits per heavy atom. The first-order valence-corrected chi connectivity index (χ1v) is 14.2. The summed E-state index contributed by atoms with van der Waals surface area (Å²) in [7, 11) is 3.72. The van der Waals surface area contributed by atoms with E-state index in [1.54, 1.807) is 19.9 Å². The first-order chi connectivity index (χ1) is 20.1. The van der Waals surface area contributed by atoms with Crippen LogP contribution in [0.2, 0.25) is 0 Å². The number of halogens is 3. The van der Waals surface area contributed by atoms with Gasteiger partial charge >= 0.3 is 5.97 Å². The maximum absolute atomic E-state index is 15.7.